The third-order valence-corrected chi connectivity index (χ3v) is 2.68. The average Bonchev–Trinajstić information content (AvgIpc) is 1.95. The zero-order valence-electron chi connectivity index (χ0n) is 5.70. The minimum Gasteiger partial charge on any atom is -0.0840 e. The topological polar surface area (TPSA) is 0 Å². The first-order chi connectivity index (χ1) is 4.74. The van der Waals surface area contributed by atoms with E-state index < -0.39 is 0 Å². The molecule has 0 aromatic heterocycles. The zero-order chi connectivity index (χ0) is 7.56. The van der Waals surface area contributed by atoms with E-state index >= 15 is 0 Å². The van der Waals surface area contributed by atoms with Crippen molar-refractivity contribution in [3.63, 3.8) is 0 Å². The van der Waals surface area contributed by atoms with Gasteiger partial charge < -0.3 is 0 Å². The third-order valence-electron chi connectivity index (χ3n) is 1.39. The molecule has 0 saturated carbocycles. The fraction of sp³-hybridized carbons (Fsp3) is 0.250. The van der Waals surface area contributed by atoms with Crippen LogP contribution in [0.15, 0.2) is 18.2 Å². The van der Waals surface area contributed by atoms with Crippen molar-refractivity contribution in [1.82, 2.24) is 0 Å². The lowest BCUT2D eigenvalue weighted by Gasteiger charge is -1.98. The zero-order valence-corrected chi connectivity index (χ0v) is 8.61. The van der Waals surface area contributed by atoms with Crippen LogP contribution in [0, 0.1) is 6.92 Å². The van der Waals surface area contributed by atoms with E-state index in [0.717, 1.165) is 15.0 Å². The van der Waals surface area contributed by atoms with Crippen LogP contribution in [-0.4, -0.2) is 0 Å². The van der Waals surface area contributed by atoms with Crippen molar-refractivity contribution in [2.75, 3.05) is 0 Å². The van der Waals surface area contributed by atoms with E-state index in [4.69, 9.17) is 11.6 Å². The molecule has 0 bridgehead atoms. The Morgan fingerprint density at radius 2 is 2.20 bits per heavy atom. The number of hydrogen-bond donors (Lipinski definition) is 0. The van der Waals surface area contributed by atoms with Crippen LogP contribution in [0.25, 0.3) is 0 Å². The molecule has 0 spiro atoms. The quantitative estimate of drug-likeness (QED) is 0.538. The summed E-state index contributed by atoms with van der Waals surface area (Å²) >= 11 is 8.21. The van der Waals surface area contributed by atoms with Crippen molar-refractivity contribution >= 4 is 34.2 Å². The highest BCUT2D eigenvalue weighted by Gasteiger charge is 1.94. The van der Waals surface area contributed by atoms with E-state index in [-0.39, 0.29) is 0 Å². The summed E-state index contributed by atoms with van der Waals surface area (Å²) in [6, 6.07) is 6.17. The van der Waals surface area contributed by atoms with Crippen molar-refractivity contribution < 1.29 is 0 Å². The normalized spacial score (nSPS) is 9.90. The fourth-order valence-electron chi connectivity index (χ4n) is 0.719. The maximum absolute atomic E-state index is 5.89. The van der Waals surface area contributed by atoms with Gasteiger partial charge in [-0.3, -0.25) is 0 Å². The molecule has 0 saturated heterocycles. The van der Waals surface area contributed by atoms with Gasteiger partial charge in [-0.05, 0) is 24.1 Å². The van der Waals surface area contributed by atoms with Gasteiger partial charge in [0.15, 0.2) is 0 Å². The number of benzene rings is 1. The van der Waals surface area contributed by atoms with E-state index in [1.165, 1.54) is 5.56 Å². The molecule has 0 heterocycles. The number of aryl methyl sites for hydroxylation is 1. The van der Waals surface area contributed by atoms with Crippen LogP contribution in [0.2, 0.25) is 5.02 Å². The van der Waals surface area contributed by atoms with E-state index in [2.05, 4.69) is 34.7 Å². The predicted octanol–water partition coefficient (Wildman–Crippen LogP) is 3.58. The van der Waals surface area contributed by atoms with E-state index in [9.17, 15) is 0 Å². The molecule has 0 fully saturated rings. The van der Waals surface area contributed by atoms with E-state index in [0.29, 0.717) is 0 Å². The minimum atomic E-state index is 0.870. The molecule has 1 aromatic rings. The SMILES string of the molecule is Cc1ccc(CI)cc1Cl. The molecule has 10 heavy (non-hydrogen) atoms. The highest BCUT2D eigenvalue weighted by molar-refractivity contribution is 14.1. The van der Waals surface area contributed by atoms with Crippen LogP contribution in [0.5, 0.6) is 0 Å². The minimum absolute atomic E-state index is 0.870. The lowest BCUT2D eigenvalue weighted by Crippen LogP contribution is -1.79. The Hall–Kier alpha value is 0.240. The van der Waals surface area contributed by atoms with Crippen molar-refractivity contribution in [3.8, 4) is 0 Å². The number of alkyl halides is 1. The van der Waals surface area contributed by atoms with Crippen molar-refractivity contribution in [2.45, 2.75) is 11.4 Å². The standard InChI is InChI=1S/C8H8ClI/c1-6-2-3-7(5-10)4-8(6)9/h2-4H,5H2,1H3. The van der Waals surface area contributed by atoms with Gasteiger partial charge in [-0.25, -0.2) is 0 Å². The Morgan fingerprint density at radius 1 is 1.50 bits per heavy atom. The lowest BCUT2D eigenvalue weighted by molar-refractivity contribution is 1.39. The summed E-state index contributed by atoms with van der Waals surface area (Å²) < 4.78 is 1.03. The smallest absolute Gasteiger partial charge is 0.0438 e. The van der Waals surface area contributed by atoms with Crippen LogP contribution in [0.3, 0.4) is 0 Å². The Morgan fingerprint density at radius 3 is 2.70 bits per heavy atom. The lowest BCUT2D eigenvalue weighted by atomic mass is 10.2. The van der Waals surface area contributed by atoms with Gasteiger partial charge in [-0.2, -0.15) is 0 Å². The summed E-state index contributed by atoms with van der Waals surface area (Å²) in [5.74, 6) is 0. The predicted molar refractivity (Wildman–Crippen MR) is 53.9 cm³/mol. The first-order valence-corrected chi connectivity index (χ1v) is 4.95. The highest BCUT2D eigenvalue weighted by Crippen LogP contribution is 2.17. The molecule has 0 amide bonds. The number of halogens is 2. The summed E-state index contributed by atoms with van der Waals surface area (Å²) in [5.41, 5.74) is 2.44. The fourth-order valence-corrected chi connectivity index (χ4v) is 1.40. The molecule has 0 nitrogen and oxygen atoms in total. The third kappa shape index (κ3) is 1.86. The molecule has 54 valence electrons. The molecule has 0 N–H and O–H groups in total. The van der Waals surface area contributed by atoms with Crippen LogP contribution < -0.4 is 0 Å². The first-order valence-electron chi connectivity index (χ1n) is 3.05. The van der Waals surface area contributed by atoms with Gasteiger partial charge in [0.2, 0.25) is 0 Å². The van der Waals surface area contributed by atoms with Crippen LogP contribution in [0.4, 0.5) is 0 Å². The Balaban J connectivity index is 3.04. The van der Waals surface area contributed by atoms with E-state index in [1.807, 2.05) is 13.0 Å². The van der Waals surface area contributed by atoms with Gasteiger partial charge in [-0.1, -0.05) is 46.3 Å². The average molecular weight is 267 g/mol. The molecule has 0 atom stereocenters. The van der Waals surface area contributed by atoms with E-state index in [1.54, 1.807) is 0 Å². The van der Waals surface area contributed by atoms with Gasteiger partial charge in [0.05, 0.1) is 0 Å². The van der Waals surface area contributed by atoms with Crippen LogP contribution >= 0.6 is 34.2 Å². The Labute approximate surface area is 79.7 Å². The molecular formula is C8H8ClI. The second-order valence-corrected chi connectivity index (χ2v) is 3.39. The Bertz CT molecular complexity index is 233. The molecular weight excluding hydrogens is 258 g/mol. The molecule has 1 rings (SSSR count). The van der Waals surface area contributed by atoms with Crippen molar-refractivity contribution in [3.05, 3.63) is 34.3 Å². The van der Waals surface area contributed by atoms with Gasteiger partial charge in [0, 0.05) is 9.45 Å². The monoisotopic (exact) mass is 266 g/mol. The summed E-state index contributed by atoms with van der Waals surface area (Å²) in [4.78, 5) is 0. The van der Waals surface area contributed by atoms with Gasteiger partial charge in [0.1, 0.15) is 0 Å². The summed E-state index contributed by atoms with van der Waals surface area (Å²) in [5, 5.41) is 0.870. The molecule has 1 aromatic carbocycles. The second kappa shape index (κ2) is 3.58. The molecule has 0 aliphatic heterocycles. The number of hydrogen-bond acceptors (Lipinski definition) is 0. The van der Waals surface area contributed by atoms with Gasteiger partial charge in [0.25, 0.3) is 0 Å². The summed E-state index contributed by atoms with van der Waals surface area (Å²) in [6.07, 6.45) is 0. The second-order valence-electron chi connectivity index (χ2n) is 2.22. The van der Waals surface area contributed by atoms with Gasteiger partial charge >= 0.3 is 0 Å². The van der Waals surface area contributed by atoms with Gasteiger partial charge in [-0.15, -0.1) is 0 Å². The largest absolute Gasteiger partial charge is 0.0840 e. The van der Waals surface area contributed by atoms with Crippen LogP contribution in [0.1, 0.15) is 11.1 Å². The maximum atomic E-state index is 5.89. The first kappa shape index (κ1) is 8.34. The summed E-state index contributed by atoms with van der Waals surface area (Å²) in [6.45, 7) is 2.01. The molecule has 0 radical (unpaired) electrons. The Kier molecular flexibility index (Phi) is 2.98. The van der Waals surface area contributed by atoms with Crippen molar-refractivity contribution in [1.29, 1.82) is 0 Å². The molecule has 2 heteroatoms. The molecule has 0 aliphatic rings. The van der Waals surface area contributed by atoms with Crippen LogP contribution in [-0.2, 0) is 4.43 Å². The molecule has 0 unspecified atom stereocenters. The number of rotatable bonds is 1. The molecule has 0 aliphatic carbocycles. The maximum Gasteiger partial charge on any atom is 0.0438 e. The highest BCUT2D eigenvalue weighted by atomic mass is 127. The van der Waals surface area contributed by atoms with Crippen molar-refractivity contribution in [2.24, 2.45) is 0 Å². The summed E-state index contributed by atoms with van der Waals surface area (Å²) in [7, 11) is 0.